The van der Waals surface area contributed by atoms with Crippen molar-refractivity contribution < 1.29 is 0 Å². The van der Waals surface area contributed by atoms with Gasteiger partial charge in [-0.05, 0) is 0 Å². The summed E-state index contributed by atoms with van der Waals surface area (Å²) in [5, 5.41) is 0. The summed E-state index contributed by atoms with van der Waals surface area (Å²) >= 11 is -0.0530. The van der Waals surface area contributed by atoms with Crippen LogP contribution in [0.15, 0.2) is 267 Å². The Morgan fingerprint density at radius 2 is 0.584 bits per heavy atom. The van der Waals surface area contributed by atoms with Crippen molar-refractivity contribution in [2.75, 3.05) is 19.6 Å². The van der Waals surface area contributed by atoms with Gasteiger partial charge in [0.05, 0.1) is 0 Å². The van der Waals surface area contributed by atoms with E-state index in [-0.39, 0.29) is 27.9 Å². The van der Waals surface area contributed by atoms with Gasteiger partial charge in [-0.1, -0.05) is 12.1 Å². The van der Waals surface area contributed by atoms with Gasteiger partial charge in [-0.2, -0.15) is 0 Å². The molecule has 0 N–H and O–H groups in total. The third-order valence-electron chi connectivity index (χ3n) is 16.7. The number of rotatable bonds is 6. The van der Waals surface area contributed by atoms with Crippen LogP contribution >= 0.6 is 0 Å². The molecule has 0 fully saturated rings. The number of fused-ring (bicyclic) bond motifs is 11. The summed E-state index contributed by atoms with van der Waals surface area (Å²) in [6.07, 6.45) is 0. The van der Waals surface area contributed by atoms with Crippen molar-refractivity contribution in [1.29, 1.82) is 0 Å². The van der Waals surface area contributed by atoms with E-state index in [1.54, 1.807) is 0 Å². The topological polar surface area (TPSA) is 13.0 Å². The zero-order valence-electron chi connectivity index (χ0n) is 41.8. The summed E-state index contributed by atoms with van der Waals surface area (Å²) in [6, 6.07) is 99.6. The van der Waals surface area contributed by atoms with Crippen LogP contribution in [0.4, 0.5) is 68.2 Å². The van der Waals surface area contributed by atoms with Crippen molar-refractivity contribution in [2.24, 2.45) is 0 Å². The summed E-state index contributed by atoms with van der Waals surface area (Å²) in [6.45, 7) is 0.0835. The van der Waals surface area contributed by atoms with E-state index in [2.05, 4.69) is 287 Å². The number of para-hydroxylation sites is 2. The standard InChI is InChI=1S/C70H44B2N4Se/c1-5-17-45(18-6-1)49-31-37-53(38-32-49)73-57-42-36-51(47-21-9-3-10-22-47)43-56(57)72-66-60(73)27-15-30-63(66)76-59-26-14-13-25-58(59)75-62-29-16-28-61-65(62)71(69-67(75)68(76)70(72)77-69)55-41-35-52(48-23-11-4-12-24-48)44-64(55)74(61)54-39-33-50(34-40-54)46-19-7-2-8-20-46/h1-44H. The molecule has 7 heteroatoms. The molecule has 0 atom stereocenters. The number of nitrogens with zero attached hydrogens (tertiary/aromatic N) is 4. The second-order valence-corrected chi connectivity index (χ2v) is 23.0. The first-order chi connectivity index (χ1) is 38.2. The number of hydrogen-bond donors (Lipinski definition) is 0. The van der Waals surface area contributed by atoms with Crippen molar-refractivity contribution in [3.8, 4) is 44.5 Å². The summed E-state index contributed by atoms with van der Waals surface area (Å²) in [7, 11) is 0. The van der Waals surface area contributed by atoms with Crippen molar-refractivity contribution in [2.45, 2.75) is 0 Å². The van der Waals surface area contributed by atoms with Gasteiger partial charge in [0, 0.05) is 0 Å². The van der Waals surface area contributed by atoms with E-state index in [0.29, 0.717) is 0 Å². The van der Waals surface area contributed by atoms with Gasteiger partial charge < -0.3 is 0 Å². The van der Waals surface area contributed by atoms with Crippen molar-refractivity contribution in [1.82, 2.24) is 0 Å². The maximum absolute atomic E-state index is 2.67. The van der Waals surface area contributed by atoms with Gasteiger partial charge in [0.25, 0.3) is 0 Å². The second kappa shape index (κ2) is 16.6. The van der Waals surface area contributed by atoms with Crippen LogP contribution in [0.5, 0.6) is 0 Å². The molecule has 6 heterocycles. The molecule has 1 aromatic heterocycles. The molecule has 0 bridgehead atoms. The molecule has 77 heavy (non-hydrogen) atoms. The van der Waals surface area contributed by atoms with E-state index in [4.69, 9.17) is 0 Å². The molecule has 0 aliphatic carbocycles. The van der Waals surface area contributed by atoms with Gasteiger partial charge >= 0.3 is 446 Å². The van der Waals surface area contributed by atoms with Crippen molar-refractivity contribution in [3.05, 3.63) is 267 Å². The van der Waals surface area contributed by atoms with Crippen LogP contribution in [-0.2, 0) is 0 Å². The summed E-state index contributed by atoms with van der Waals surface area (Å²) in [5.74, 6) is 0. The van der Waals surface area contributed by atoms with Crippen LogP contribution in [-0.4, -0.2) is 27.9 Å². The molecule has 5 aliphatic rings. The van der Waals surface area contributed by atoms with E-state index >= 15 is 0 Å². The fourth-order valence-electron chi connectivity index (χ4n) is 13.4. The van der Waals surface area contributed by atoms with Crippen molar-refractivity contribution >= 4 is 127 Å². The van der Waals surface area contributed by atoms with Crippen LogP contribution in [0, 0.1) is 0 Å². The molecule has 5 aliphatic heterocycles. The Morgan fingerprint density at radius 1 is 0.234 bits per heavy atom. The Labute approximate surface area is 454 Å². The van der Waals surface area contributed by atoms with Crippen LogP contribution in [0.25, 0.3) is 44.5 Å². The fraction of sp³-hybridized carbons (Fsp3) is 0. The van der Waals surface area contributed by atoms with E-state index in [1.165, 1.54) is 132 Å². The summed E-state index contributed by atoms with van der Waals surface area (Å²) in [4.78, 5) is 10.4. The van der Waals surface area contributed by atoms with E-state index in [0.717, 1.165) is 11.4 Å². The molecule has 0 saturated heterocycles. The zero-order valence-corrected chi connectivity index (χ0v) is 43.5. The number of benzene rings is 11. The van der Waals surface area contributed by atoms with Crippen molar-refractivity contribution in [3.63, 3.8) is 0 Å². The van der Waals surface area contributed by atoms with Gasteiger partial charge in [0.1, 0.15) is 0 Å². The molecule has 0 unspecified atom stereocenters. The van der Waals surface area contributed by atoms with Gasteiger partial charge in [-0.3, -0.25) is 0 Å². The van der Waals surface area contributed by atoms with Gasteiger partial charge in [0.2, 0.25) is 0 Å². The monoisotopic (exact) mass is 1040 g/mol. The zero-order chi connectivity index (χ0) is 50.3. The molecule has 4 nitrogen and oxygen atoms in total. The molecular weight excluding hydrogens is 997 g/mol. The first kappa shape index (κ1) is 43.0. The molecule has 0 saturated carbocycles. The molecule has 0 spiro atoms. The van der Waals surface area contributed by atoms with Gasteiger partial charge in [-0.25, -0.2) is 0 Å². The summed E-state index contributed by atoms with van der Waals surface area (Å²) in [5.41, 5.74) is 30.1. The first-order valence-electron chi connectivity index (χ1n) is 26.7. The van der Waals surface area contributed by atoms with Crippen LogP contribution in [0.3, 0.4) is 0 Å². The first-order valence-corrected chi connectivity index (χ1v) is 28.4. The molecule has 11 aromatic carbocycles. The Bertz CT molecular complexity index is 4360. The molecule has 0 radical (unpaired) electrons. The van der Waals surface area contributed by atoms with E-state index in [1.807, 2.05) is 0 Å². The fourth-order valence-corrected chi connectivity index (χ4v) is 16.7. The van der Waals surface area contributed by atoms with E-state index in [9.17, 15) is 0 Å². The minimum absolute atomic E-state index is 0.0365. The van der Waals surface area contributed by atoms with Crippen LogP contribution in [0.2, 0.25) is 0 Å². The minimum atomic E-state index is -0.0530. The quantitative estimate of drug-likeness (QED) is 0.154. The average Bonchev–Trinajstić information content (AvgIpc) is 4.11. The Balaban J connectivity index is 0.915. The summed E-state index contributed by atoms with van der Waals surface area (Å²) < 4.78 is 3.06. The molecule has 0 amide bonds. The van der Waals surface area contributed by atoms with Crippen LogP contribution < -0.4 is 50.1 Å². The number of hydrogen-bond acceptors (Lipinski definition) is 4. The predicted octanol–water partition coefficient (Wildman–Crippen LogP) is 13.9. The SMILES string of the molecule is c1ccc(-c2ccc(N3c4ccc(-c5ccccc5)cc4B4c5[se]c6c7c5N(c5ccccc5N7c5cccc7c5B6c5ccc(-c6ccccc6)cc5N7c5ccc(-c6ccccc6)cc5)c5cccc3c54)cc2)cc1. The van der Waals surface area contributed by atoms with E-state index < -0.39 is 0 Å². The Morgan fingerprint density at radius 3 is 1.06 bits per heavy atom. The Kier molecular flexibility index (Phi) is 9.29. The van der Waals surface area contributed by atoms with Crippen LogP contribution in [0.1, 0.15) is 0 Å². The Hall–Kier alpha value is -9.25. The molecular formula is C70H44B2N4Se. The normalized spacial score (nSPS) is 13.6. The predicted molar refractivity (Wildman–Crippen MR) is 327 cm³/mol. The second-order valence-electron chi connectivity index (χ2n) is 20.7. The molecule has 356 valence electrons. The third-order valence-corrected chi connectivity index (χ3v) is 19.5. The number of anilines is 12. The molecule has 12 aromatic rings. The van der Waals surface area contributed by atoms with Gasteiger partial charge in [0.15, 0.2) is 0 Å². The molecule has 17 rings (SSSR count). The van der Waals surface area contributed by atoms with Gasteiger partial charge in [-0.15, -0.1) is 0 Å². The average molecular weight is 1040 g/mol. The maximum atomic E-state index is 2.67. The third kappa shape index (κ3) is 6.24.